The fraction of sp³-hybridized carbons (Fsp3) is 0.462. The number of amides is 1. The summed E-state index contributed by atoms with van der Waals surface area (Å²) in [6, 6.07) is 3.97. The third-order valence-corrected chi connectivity index (χ3v) is 2.94. The average Bonchev–Trinajstić information content (AvgIpc) is 2.90. The highest BCUT2D eigenvalue weighted by atomic mass is 19.1. The summed E-state index contributed by atoms with van der Waals surface area (Å²) in [4.78, 5) is 13.5. The molecule has 0 unspecified atom stereocenters. The lowest BCUT2D eigenvalue weighted by Crippen LogP contribution is -2.32. The number of likely N-dealkylation sites (tertiary alicyclic amines) is 1. The topological polar surface area (TPSA) is 38.8 Å². The Morgan fingerprint density at radius 3 is 2.72 bits per heavy atom. The van der Waals surface area contributed by atoms with E-state index in [9.17, 15) is 9.18 Å². The Kier molecular flexibility index (Phi) is 4.02. The third kappa shape index (κ3) is 2.91. The molecule has 1 amide bonds. The molecule has 5 heteroatoms. The van der Waals surface area contributed by atoms with Crippen molar-refractivity contribution < 1.29 is 18.7 Å². The fourth-order valence-corrected chi connectivity index (χ4v) is 1.96. The van der Waals surface area contributed by atoms with Gasteiger partial charge in [0.25, 0.3) is 5.91 Å². The van der Waals surface area contributed by atoms with Gasteiger partial charge in [-0.3, -0.25) is 4.79 Å². The summed E-state index contributed by atoms with van der Waals surface area (Å²) in [7, 11) is 1.43. The molecule has 0 bridgehead atoms. The minimum absolute atomic E-state index is 0.0397. The Bertz CT molecular complexity index is 430. The van der Waals surface area contributed by atoms with Crippen LogP contribution in [0.1, 0.15) is 12.8 Å². The molecule has 0 radical (unpaired) electrons. The zero-order valence-electron chi connectivity index (χ0n) is 10.3. The second-order valence-electron chi connectivity index (χ2n) is 4.17. The first-order chi connectivity index (χ1) is 8.70. The van der Waals surface area contributed by atoms with Gasteiger partial charge in [0, 0.05) is 19.2 Å². The minimum atomic E-state index is -0.398. The normalized spacial score (nSPS) is 14.7. The van der Waals surface area contributed by atoms with E-state index < -0.39 is 5.82 Å². The molecule has 1 heterocycles. The number of carbonyl (C=O) groups is 1. The van der Waals surface area contributed by atoms with Crippen molar-refractivity contribution in [3.8, 4) is 11.5 Å². The van der Waals surface area contributed by atoms with Crippen LogP contribution in [0.4, 0.5) is 4.39 Å². The van der Waals surface area contributed by atoms with Gasteiger partial charge in [-0.25, -0.2) is 4.39 Å². The molecule has 2 rings (SSSR count). The van der Waals surface area contributed by atoms with E-state index in [1.54, 1.807) is 4.90 Å². The Morgan fingerprint density at radius 2 is 2.06 bits per heavy atom. The standard InChI is InChI=1S/C13H16FNO3/c1-17-12-8-10(14)4-5-11(12)18-9-13(16)15-6-2-3-7-15/h4-5,8H,2-3,6-7,9H2,1H3. The van der Waals surface area contributed by atoms with Crippen molar-refractivity contribution in [2.75, 3.05) is 26.8 Å². The Hall–Kier alpha value is -1.78. The molecular formula is C13H16FNO3. The van der Waals surface area contributed by atoms with E-state index in [1.165, 1.54) is 25.3 Å². The molecule has 0 spiro atoms. The quantitative estimate of drug-likeness (QED) is 0.821. The van der Waals surface area contributed by atoms with E-state index in [1.807, 2.05) is 0 Å². The molecule has 1 fully saturated rings. The van der Waals surface area contributed by atoms with Gasteiger partial charge < -0.3 is 14.4 Å². The van der Waals surface area contributed by atoms with Crippen LogP contribution in [0.15, 0.2) is 18.2 Å². The third-order valence-electron chi connectivity index (χ3n) is 2.94. The number of methoxy groups -OCH3 is 1. The molecule has 0 saturated carbocycles. The largest absolute Gasteiger partial charge is 0.493 e. The smallest absolute Gasteiger partial charge is 0.260 e. The van der Waals surface area contributed by atoms with Gasteiger partial charge in [0.1, 0.15) is 5.82 Å². The van der Waals surface area contributed by atoms with Crippen LogP contribution in [-0.4, -0.2) is 37.6 Å². The van der Waals surface area contributed by atoms with E-state index in [0.29, 0.717) is 11.5 Å². The van der Waals surface area contributed by atoms with Crippen molar-refractivity contribution in [1.29, 1.82) is 0 Å². The molecule has 0 aliphatic carbocycles. The highest BCUT2D eigenvalue weighted by molar-refractivity contribution is 5.78. The van der Waals surface area contributed by atoms with E-state index in [0.717, 1.165) is 25.9 Å². The SMILES string of the molecule is COc1cc(F)ccc1OCC(=O)N1CCCC1. The second kappa shape index (κ2) is 5.71. The number of benzene rings is 1. The van der Waals surface area contributed by atoms with Crippen LogP contribution in [0.5, 0.6) is 11.5 Å². The van der Waals surface area contributed by atoms with Crippen molar-refractivity contribution in [2.45, 2.75) is 12.8 Å². The molecule has 1 aliphatic heterocycles. The lowest BCUT2D eigenvalue weighted by Gasteiger charge is -2.16. The van der Waals surface area contributed by atoms with Gasteiger partial charge in [-0.05, 0) is 25.0 Å². The molecule has 0 N–H and O–H groups in total. The summed E-state index contributed by atoms with van der Waals surface area (Å²) < 4.78 is 23.3. The van der Waals surface area contributed by atoms with Crippen LogP contribution in [0.25, 0.3) is 0 Å². The maximum atomic E-state index is 13.0. The number of nitrogens with zero attached hydrogens (tertiary/aromatic N) is 1. The molecule has 4 nitrogen and oxygen atoms in total. The first kappa shape index (κ1) is 12.7. The van der Waals surface area contributed by atoms with Crippen LogP contribution in [0, 0.1) is 5.82 Å². The van der Waals surface area contributed by atoms with Crippen molar-refractivity contribution >= 4 is 5.91 Å². The zero-order chi connectivity index (χ0) is 13.0. The van der Waals surface area contributed by atoms with E-state index in [2.05, 4.69) is 0 Å². The van der Waals surface area contributed by atoms with Crippen LogP contribution in [0.3, 0.4) is 0 Å². The predicted octanol–water partition coefficient (Wildman–Crippen LogP) is 1.84. The summed E-state index contributed by atoms with van der Waals surface area (Å²) >= 11 is 0. The van der Waals surface area contributed by atoms with Gasteiger partial charge in [0.15, 0.2) is 18.1 Å². The number of ether oxygens (including phenoxy) is 2. The molecule has 1 saturated heterocycles. The Balaban J connectivity index is 1.95. The maximum absolute atomic E-state index is 13.0. The number of carbonyl (C=O) groups excluding carboxylic acids is 1. The minimum Gasteiger partial charge on any atom is -0.493 e. The molecule has 0 atom stereocenters. The van der Waals surface area contributed by atoms with Crippen molar-refractivity contribution in [3.05, 3.63) is 24.0 Å². The summed E-state index contributed by atoms with van der Waals surface area (Å²) in [6.45, 7) is 1.55. The Labute approximate surface area is 105 Å². The number of hydrogen-bond donors (Lipinski definition) is 0. The lowest BCUT2D eigenvalue weighted by atomic mass is 10.3. The summed E-state index contributed by atoms with van der Waals surface area (Å²) in [5, 5.41) is 0. The highest BCUT2D eigenvalue weighted by Gasteiger charge is 2.18. The van der Waals surface area contributed by atoms with E-state index >= 15 is 0 Å². The van der Waals surface area contributed by atoms with Gasteiger partial charge in [-0.2, -0.15) is 0 Å². The number of rotatable bonds is 4. The van der Waals surface area contributed by atoms with Crippen LogP contribution < -0.4 is 9.47 Å². The van der Waals surface area contributed by atoms with Crippen molar-refractivity contribution in [3.63, 3.8) is 0 Å². The summed E-state index contributed by atoms with van der Waals surface area (Å²) in [5.41, 5.74) is 0. The monoisotopic (exact) mass is 253 g/mol. The van der Waals surface area contributed by atoms with Crippen molar-refractivity contribution in [2.24, 2.45) is 0 Å². The van der Waals surface area contributed by atoms with Gasteiger partial charge in [-0.1, -0.05) is 0 Å². The predicted molar refractivity (Wildman–Crippen MR) is 64.3 cm³/mol. The fourth-order valence-electron chi connectivity index (χ4n) is 1.96. The maximum Gasteiger partial charge on any atom is 0.260 e. The first-order valence-corrected chi connectivity index (χ1v) is 5.95. The molecule has 0 aromatic heterocycles. The van der Waals surface area contributed by atoms with Crippen molar-refractivity contribution in [1.82, 2.24) is 4.90 Å². The summed E-state index contributed by atoms with van der Waals surface area (Å²) in [5.74, 6) is 0.236. The van der Waals surface area contributed by atoms with E-state index in [-0.39, 0.29) is 12.5 Å². The van der Waals surface area contributed by atoms with Crippen LogP contribution in [-0.2, 0) is 4.79 Å². The van der Waals surface area contributed by atoms with Crippen LogP contribution >= 0.6 is 0 Å². The molecular weight excluding hydrogens is 237 g/mol. The molecule has 98 valence electrons. The van der Waals surface area contributed by atoms with E-state index in [4.69, 9.17) is 9.47 Å². The number of halogens is 1. The Morgan fingerprint density at radius 1 is 1.33 bits per heavy atom. The molecule has 1 aromatic carbocycles. The zero-order valence-corrected chi connectivity index (χ0v) is 10.3. The van der Waals surface area contributed by atoms with Gasteiger partial charge in [0.05, 0.1) is 7.11 Å². The lowest BCUT2D eigenvalue weighted by molar-refractivity contribution is -0.132. The number of hydrogen-bond acceptors (Lipinski definition) is 3. The molecule has 1 aromatic rings. The summed E-state index contributed by atoms with van der Waals surface area (Å²) in [6.07, 6.45) is 2.09. The van der Waals surface area contributed by atoms with Gasteiger partial charge in [-0.15, -0.1) is 0 Å². The highest BCUT2D eigenvalue weighted by Crippen LogP contribution is 2.27. The second-order valence-corrected chi connectivity index (χ2v) is 4.17. The average molecular weight is 253 g/mol. The molecule has 18 heavy (non-hydrogen) atoms. The van der Waals surface area contributed by atoms with Gasteiger partial charge in [0.2, 0.25) is 0 Å². The first-order valence-electron chi connectivity index (χ1n) is 5.95. The molecule has 1 aliphatic rings. The van der Waals surface area contributed by atoms with Gasteiger partial charge >= 0.3 is 0 Å². The van der Waals surface area contributed by atoms with Crippen LogP contribution in [0.2, 0.25) is 0 Å².